The molecule has 0 aliphatic rings. The number of para-hydroxylation sites is 2. The number of rotatable bonds is 7. The van der Waals surface area contributed by atoms with Crippen molar-refractivity contribution in [2.75, 3.05) is 6.54 Å². The molecule has 0 unspecified atom stereocenters. The fourth-order valence-electron chi connectivity index (χ4n) is 3.31. The molecule has 0 bridgehead atoms. The van der Waals surface area contributed by atoms with Gasteiger partial charge in [0, 0.05) is 26.1 Å². The highest BCUT2D eigenvalue weighted by Crippen LogP contribution is 2.15. The van der Waals surface area contributed by atoms with Gasteiger partial charge in [0.25, 0.3) is 5.56 Å². The van der Waals surface area contributed by atoms with E-state index in [4.69, 9.17) is 0 Å². The third-order valence-electron chi connectivity index (χ3n) is 4.76. The largest absolute Gasteiger partial charge is 0.356 e. The monoisotopic (exact) mass is 395 g/mol. The molecule has 0 saturated carbocycles. The summed E-state index contributed by atoms with van der Waals surface area (Å²) in [6, 6.07) is 9.82. The number of thiophene rings is 1. The van der Waals surface area contributed by atoms with Crippen molar-refractivity contribution in [2.24, 2.45) is 0 Å². The van der Waals surface area contributed by atoms with Gasteiger partial charge in [0.05, 0.1) is 22.7 Å². The SMILES string of the molecule is Cc1nc2ccccc2n1CCCNC(=O)CCn1cnc2sccc2c1=O. The van der Waals surface area contributed by atoms with Gasteiger partial charge in [0.15, 0.2) is 0 Å². The molecule has 0 fully saturated rings. The van der Waals surface area contributed by atoms with E-state index >= 15 is 0 Å². The molecule has 144 valence electrons. The van der Waals surface area contributed by atoms with Gasteiger partial charge in [-0.05, 0) is 36.9 Å². The average molecular weight is 395 g/mol. The molecule has 4 aromatic rings. The van der Waals surface area contributed by atoms with Crippen molar-refractivity contribution >= 4 is 38.5 Å². The molecule has 8 heteroatoms. The summed E-state index contributed by atoms with van der Waals surface area (Å²) in [6.07, 6.45) is 2.58. The minimum absolute atomic E-state index is 0.0653. The number of hydrogen-bond donors (Lipinski definition) is 1. The highest BCUT2D eigenvalue weighted by atomic mass is 32.1. The van der Waals surface area contributed by atoms with Crippen LogP contribution in [0.1, 0.15) is 18.7 Å². The molecule has 4 rings (SSSR count). The van der Waals surface area contributed by atoms with Crippen molar-refractivity contribution in [2.45, 2.75) is 32.9 Å². The summed E-state index contributed by atoms with van der Waals surface area (Å²) < 4.78 is 3.67. The molecule has 0 radical (unpaired) electrons. The van der Waals surface area contributed by atoms with Crippen LogP contribution in [0.4, 0.5) is 0 Å². The lowest BCUT2D eigenvalue weighted by atomic mass is 10.3. The van der Waals surface area contributed by atoms with Gasteiger partial charge < -0.3 is 9.88 Å². The van der Waals surface area contributed by atoms with Gasteiger partial charge in [-0.1, -0.05) is 12.1 Å². The van der Waals surface area contributed by atoms with Crippen LogP contribution in [0.25, 0.3) is 21.3 Å². The number of amides is 1. The fraction of sp³-hybridized carbons (Fsp3) is 0.300. The van der Waals surface area contributed by atoms with Crippen LogP contribution in [-0.4, -0.2) is 31.6 Å². The highest BCUT2D eigenvalue weighted by molar-refractivity contribution is 7.16. The lowest BCUT2D eigenvalue weighted by Crippen LogP contribution is -2.28. The van der Waals surface area contributed by atoms with Crippen LogP contribution in [-0.2, 0) is 17.9 Å². The van der Waals surface area contributed by atoms with Gasteiger partial charge >= 0.3 is 0 Å². The predicted molar refractivity (Wildman–Crippen MR) is 111 cm³/mol. The molecule has 7 nitrogen and oxygen atoms in total. The third kappa shape index (κ3) is 3.68. The summed E-state index contributed by atoms with van der Waals surface area (Å²) in [6.45, 7) is 3.70. The minimum atomic E-state index is -0.0958. The first kappa shape index (κ1) is 18.4. The number of carbonyl (C=O) groups is 1. The number of imidazole rings is 1. The van der Waals surface area contributed by atoms with Crippen molar-refractivity contribution in [1.29, 1.82) is 0 Å². The van der Waals surface area contributed by atoms with E-state index in [0.717, 1.165) is 34.7 Å². The van der Waals surface area contributed by atoms with E-state index in [1.54, 1.807) is 6.07 Å². The normalized spacial score (nSPS) is 11.3. The number of fused-ring (bicyclic) bond motifs is 2. The number of benzene rings is 1. The Hall–Kier alpha value is -3.00. The quantitative estimate of drug-likeness (QED) is 0.488. The maximum absolute atomic E-state index is 12.3. The number of carbonyl (C=O) groups excluding carboxylic acids is 1. The van der Waals surface area contributed by atoms with Crippen LogP contribution in [0.15, 0.2) is 46.8 Å². The van der Waals surface area contributed by atoms with E-state index in [1.165, 1.54) is 22.2 Å². The van der Waals surface area contributed by atoms with Gasteiger partial charge in [0.2, 0.25) is 5.91 Å². The molecule has 3 aromatic heterocycles. The summed E-state index contributed by atoms with van der Waals surface area (Å²) in [5, 5.41) is 5.38. The van der Waals surface area contributed by atoms with E-state index < -0.39 is 0 Å². The number of aromatic nitrogens is 4. The smallest absolute Gasteiger partial charge is 0.262 e. The van der Waals surface area contributed by atoms with Gasteiger partial charge in [-0.25, -0.2) is 9.97 Å². The second-order valence-corrected chi connectivity index (χ2v) is 7.53. The van der Waals surface area contributed by atoms with Crippen molar-refractivity contribution in [1.82, 2.24) is 24.4 Å². The van der Waals surface area contributed by atoms with Crippen LogP contribution in [0, 0.1) is 6.92 Å². The molecule has 1 aromatic carbocycles. The molecule has 0 aliphatic heterocycles. The third-order valence-corrected chi connectivity index (χ3v) is 5.58. The molecule has 28 heavy (non-hydrogen) atoms. The van der Waals surface area contributed by atoms with Gasteiger partial charge in [0.1, 0.15) is 10.7 Å². The Kier molecular flexibility index (Phi) is 5.21. The van der Waals surface area contributed by atoms with E-state index in [0.29, 0.717) is 18.5 Å². The molecule has 3 heterocycles. The van der Waals surface area contributed by atoms with Gasteiger partial charge in [-0.15, -0.1) is 11.3 Å². The average Bonchev–Trinajstić information content (AvgIpc) is 3.29. The molecule has 0 atom stereocenters. The number of aryl methyl sites for hydroxylation is 3. The minimum Gasteiger partial charge on any atom is -0.356 e. The van der Waals surface area contributed by atoms with E-state index in [1.807, 2.05) is 30.5 Å². The summed E-state index contributed by atoms with van der Waals surface area (Å²) in [5.74, 6) is 0.910. The van der Waals surface area contributed by atoms with Crippen LogP contribution < -0.4 is 10.9 Å². The topological polar surface area (TPSA) is 81.8 Å². The maximum Gasteiger partial charge on any atom is 0.262 e. The van der Waals surface area contributed by atoms with Crippen molar-refractivity contribution in [3.05, 3.63) is 58.2 Å². The Morgan fingerprint density at radius 2 is 2.07 bits per heavy atom. The Morgan fingerprint density at radius 3 is 2.96 bits per heavy atom. The van der Waals surface area contributed by atoms with Crippen LogP contribution in [0.2, 0.25) is 0 Å². The maximum atomic E-state index is 12.3. The zero-order chi connectivity index (χ0) is 19.5. The predicted octanol–water partition coefficient (Wildman–Crippen LogP) is 2.71. The van der Waals surface area contributed by atoms with Gasteiger partial charge in [-0.2, -0.15) is 0 Å². The number of nitrogens with one attached hydrogen (secondary N) is 1. The van der Waals surface area contributed by atoms with Crippen molar-refractivity contribution < 1.29 is 4.79 Å². The molecule has 0 saturated heterocycles. The lowest BCUT2D eigenvalue weighted by molar-refractivity contribution is -0.121. The number of hydrogen-bond acceptors (Lipinski definition) is 5. The first-order valence-corrected chi connectivity index (χ1v) is 10.1. The second kappa shape index (κ2) is 7.93. The summed E-state index contributed by atoms with van der Waals surface area (Å²) in [4.78, 5) is 34.0. The molecule has 1 amide bonds. The standard InChI is InChI=1S/C20H21N5O2S/c1-14-23-16-5-2-3-6-17(16)25(14)10-4-9-21-18(26)7-11-24-13-22-19-15(20(24)27)8-12-28-19/h2-3,5-6,8,12-13H,4,7,9-11H2,1H3,(H,21,26). The molecule has 0 aliphatic carbocycles. The van der Waals surface area contributed by atoms with Crippen molar-refractivity contribution in [3.63, 3.8) is 0 Å². The molecular weight excluding hydrogens is 374 g/mol. The molecular formula is C20H21N5O2S. The van der Waals surface area contributed by atoms with E-state index in [9.17, 15) is 9.59 Å². The Balaban J connectivity index is 1.27. The first-order valence-electron chi connectivity index (χ1n) is 9.25. The number of nitrogens with zero attached hydrogens (tertiary/aromatic N) is 4. The van der Waals surface area contributed by atoms with E-state index in [-0.39, 0.29) is 17.9 Å². The first-order chi connectivity index (χ1) is 13.6. The highest BCUT2D eigenvalue weighted by Gasteiger charge is 2.08. The Morgan fingerprint density at radius 1 is 1.21 bits per heavy atom. The molecule has 1 N–H and O–H groups in total. The summed E-state index contributed by atoms with van der Waals surface area (Å²) >= 11 is 1.44. The Bertz CT molecular complexity index is 1190. The van der Waals surface area contributed by atoms with E-state index in [2.05, 4.69) is 25.9 Å². The summed E-state index contributed by atoms with van der Waals surface area (Å²) in [5.41, 5.74) is 2.01. The summed E-state index contributed by atoms with van der Waals surface area (Å²) in [7, 11) is 0. The second-order valence-electron chi connectivity index (χ2n) is 6.64. The van der Waals surface area contributed by atoms with Crippen LogP contribution in [0.3, 0.4) is 0 Å². The fourth-order valence-corrected chi connectivity index (χ4v) is 4.03. The zero-order valence-electron chi connectivity index (χ0n) is 15.6. The van der Waals surface area contributed by atoms with Crippen LogP contribution in [0.5, 0.6) is 0 Å². The van der Waals surface area contributed by atoms with Crippen molar-refractivity contribution in [3.8, 4) is 0 Å². The Labute approximate surface area is 165 Å². The van der Waals surface area contributed by atoms with Gasteiger partial charge in [-0.3, -0.25) is 14.2 Å². The molecule has 0 spiro atoms. The zero-order valence-corrected chi connectivity index (χ0v) is 16.4. The van der Waals surface area contributed by atoms with Crippen LogP contribution >= 0.6 is 11.3 Å². The lowest BCUT2D eigenvalue weighted by Gasteiger charge is -2.09.